The highest BCUT2D eigenvalue weighted by Gasteiger charge is 2.07. The lowest BCUT2D eigenvalue weighted by Gasteiger charge is -2.12. The monoisotopic (exact) mass is 533 g/mol. The summed E-state index contributed by atoms with van der Waals surface area (Å²) in [7, 11) is -0.319. The smallest absolute Gasteiger partial charge is 0.209 e. The average molecular weight is 534 g/mol. The number of halogens is 1. The molecule has 1 heterocycles. The molecule has 1 saturated heterocycles. The number of rotatable bonds is 11. The van der Waals surface area contributed by atoms with E-state index in [4.69, 9.17) is 29.4 Å². The lowest BCUT2D eigenvalue weighted by Crippen LogP contribution is -2.33. The zero-order chi connectivity index (χ0) is 24.8. The Labute approximate surface area is 198 Å². The number of carbonyl (C=O) groups excluding carboxylic acids is 1. The Bertz CT molecular complexity index is 584. The average Bonchev–Trinajstić information content (AvgIpc) is 3.28. The van der Waals surface area contributed by atoms with Crippen LogP contribution in [-0.4, -0.2) is 110 Å². The van der Waals surface area contributed by atoms with Gasteiger partial charge in [0, 0.05) is 48.2 Å². The first kappa shape index (κ1) is 38.8. The Kier molecular flexibility index (Phi) is 30.5. The van der Waals surface area contributed by atoms with E-state index in [0.717, 1.165) is 25.7 Å². The standard InChI is InChI=1S/C5H13NO4S.C4H11NO2.C4H8O.C3H7NO3S.ClH/c1-9-5(10-2)4-6-11(3,7)8;1-6-4(3-5)7-2;1-2-4-5-3-1;1-8(6,7)4-2-3-5;/h5-6H,4H2,1-3H3;4H,3,5H2,1-2H3;1-4H2;3-4H,2H2,1H3;1H. The highest BCUT2D eigenvalue weighted by atomic mass is 35.5. The van der Waals surface area contributed by atoms with E-state index in [9.17, 15) is 21.6 Å². The van der Waals surface area contributed by atoms with Crippen LogP contribution in [0.25, 0.3) is 0 Å². The minimum absolute atomic E-state index is 0. The van der Waals surface area contributed by atoms with Crippen molar-refractivity contribution in [1.29, 1.82) is 0 Å². The van der Waals surface area contributed by atoms with Crippen LogP contribution in [0.3, 0.4) is 0 Å². The van der Waals surface area contributed by atoms with Gasteiger partial charge in [0.05, 0.1) is 25.6 Å². The van der Waals surface area contributed by atoms with E-state index in [2.05, 4.69) is 4.72 Å². The molecule has 0 aromatic heterocycles. The van der Waals surface area contributed by atoms with Crippen LogP contribution in [0.15, 0.2) is 0 Å². The van der Waals surface area contributed by atoms with Crippen LogP contribution in [0.2, 0.25) is 0 Å². The molecule has 198 valence electrons. The molecule has 0 saturated carbocycles. The number of methoxy groups -OCH3 is 4. The predicted octanol–water partition coefficient (Wildman–Crippen LogP) is -1.33. The van der Waals surface area contributed by atoms with E-state index in [1.54, 1.807) is 14.2 Å². The summed E-state index contributed by atoms with van der Waals surface area (Å²) in [5.41, 5.74) is 5.14. The number of nitrogens with one attached hydrogen (secondary N) is 2. The topological polar surface area (TPSA) is 182 Å². The quantitative estimate of drug-likeness (QED) is 0.211. The zero-order valence-electron chi connectivity index (χ0n) is 19.6. The number of hydrogen-bond acceptors (Lipinski definition) is 11. The van der Waals surface area contributed by atoms with Crippen molar-refractivity contribution in [2.45, 2.75) is 25.4 Å². The fourth-order valence-corrected chi connectivity index (χ4v) is 2.28. The Morgan fingerprint density at radius 3 is 1.44 bits per heavy atom. The summed E-state index contributed by atoms with van der Waals surface area (Å²) < 4.78 is 69.4. The van der Waals surface area contributed by atoms with Gasteiger partial charge < -0.3 is 34.2 Å². The molecule has 0 unspecified atom stereocenters. The summed E-state index contributed by atoms with van der Waals surface area (Å²) in [4.78, 5) is 9.52. The van der Waals surface area contributed by atoms with Crippen molar-refractivity contribution >= 4 is 38.7 Å². The molecule has 0 aliphatic carbocycles. The number of hydrogen-bond donors (Lipinski definition) is 3. The van der Waals surface area contributed by atoms with Crippen molar-refractivity contribution in [3.8, 4) is 0 Å². The molecule has 0 atom stereocenters. The van der Waals surface area contributed by atoms with Gasteiger partial charge in [0.2, 0.25) is 20.0 Å². The van der Waals surface area contributed by atoms with E-state index in [-0.39, 0.29) is 31.8 Å². The molecule has 0 bridgehead atoms. The molecule has 0 spiro atoms. The SMILES string of the molecule is C1CCOC1.COC(CN)OC.COC(CNS(C)(=O)=O)OC.CS(=O)(=O)NCC=O.Cl. The first-order valence-electron chi connectivity index (χ1n) is 9.12. The van der Waals surface area contributed by atoms with E-state index < -0.39 is 26.3 Å². The first-order valence-corrected chi connectivity index (χ1v) is 12.9. The number of carbonyl (C=O) groups is 1. The van der Waals surface area contributed by atoms with Crippen molar-refractivity contribution < 1.29 is 45.3 Å². The maximum absolute atomic E-state index is 10.5. The van der Waals surface area contributed by atoms with Crippen molar-refractivity contribution in [2.75, 3.05) is 73.8 Å². The zero-order valence-corrected chi connectivity index (χ0v) is 22.0. The van der Waals surface area contributed by atoms with Gasteiger partial charge in [-0.2, -0.15) is 0 Å². The number of ether oxygens (including phenoxy) is 5. The maximum atomic E-state index is 10.5. The molecule has 1 aliphatic rings. The van der Waals surface area contributed by atoms with Gasteiger partial charge in [-0.15, -0.1) is 12.4 Å². The van der Waals surface area contributed by atoms with Crippen molar-refractivity contribution in [1.82, 2.24) is 9.44 Å². The van der Waals surface area contributed by atoms with Crippen LogP contribution in [0.1, 0.15) is 12.8 Å². The second-order valence-corrected chi connectivity index (χ2v) is 9.43. The van der Waals surface area contributed by atoms with Gasteiger partial charge >= 0.3 is 0 Å². The van der Waals surface area contributed by atoms with Gasteiger partial charge in [-0.1, -0.05) is 0 Å². The highest BCUT2D eigenvalue weighted by Crippen LogP contribution is 1.98. The van der Waals surface area contributed by atoms with Crippen LogP contribution in [0, 0.1) is 0 Å². The Hall–Kier alpha value is -0.460. The largest absolute Gasteiger partial charge is 0.381 e. The Morgan fingerprint density at radius 1 is 0.875 bits per heavy atom. The Balaban J connectivity index is -0.000000167. The normalized spacial score (nSPS) is 13.0. The fraction of sp³-hybridized carbons (Fsp3) is 0.938. The number of sulfonamides is 2. The fourth-order valence-electron chi connectivity index (χ4n) is 1.47. The van der Waals surface area contributed by atoms with Crippen molar-refractivity contribution in [2.24, 2.45) is 5.73 Å². The van der Waals surface area contributed by atoms with Gasteiger partial charge in [0.25, 0.3) is 0 Å². The van der Waals surface area contributed by atoms with Crippen LogP contribution >= 0.6 is 12.4 Å². The minimum Gasteiger partial charge on any atom is -0.381 e. The van der Waals surface area contributed by atoms with E-state index in [1.807, 2.05) is 4.72 Å². The van der Waals surface area contributed by atoms with Gasteiger partial charge in [-0.3, -0.25) is 0 Å². The minimum atomic E-state index is -3.17. The van der Waals surface area contributed by atoms with Crippen LogP contribution < -0.4 is 15.2 Å². The predicted molar refractivity (Wildman–Crippen MR) is 124 cm³/mol. The molecule has 4 N–H and O–H groups in total. The first-order chi connectivity index (χ1) is 14.4. The summed E-state index contributed by atoms with van der Waals surface area (Å²) in [5.74, 6) is 0. The van der Waals surface area contributed by atoms with Gasteiger partial charge in [-0.05, 0) is 12.8 Å². The van der Waals surface area contributed by atoms with Gasteiger partial charge in [0.1, 0.15) is 6.29 Å². The molecule has 0 aromatic rings. The summed E-state index contributed by atoms with van der Waals surface area (Å²) >= 11 is 0. The molecule has 32 heavy (non-hydrogen) atoms. The highest BCUT2D eigenvalue weighted by molar-refractivity contribution is 7.89. The van der Waals surface area contributed by atoms with E-state index >= 15 is 0 Å². The summed E-state index contributed by atoms with van der Waals surface area (Å²) in [6.45, 7) is 2.40. The molecular formula is C16H40ClN3O10S2. The maximum Gasteiger partial charge on any atom is 0.209 e. The van der Waals surface area contributed by atoms with Crippen LogP contribution in [0.4, 0.5) is 0 Å². The van der Waals surface area contributed by atoms with Crippen LogP contribution in [-0.2, 0) is 48.5 Å². The van der Waals surface area contributed by atoms with Crippen molar-refractivity contribution in [3.63, 3.8) is 0 Å². The van der Waals surface area contributed by atoms with Crippen LogP contribution in [0.5, 0.6) is 0 Å². The molecule has 0 amide bonds. The lowest BCUT2D eigenvalue weighted by molar-refractivity contribution is -0.106. The summed E-state index contributed by atoms with van der Waals surface area (Å²) in [6, 6.07) is 0. The second-order valence-electron chi connectivity index (χ2n) is 5.77. The molecule has 1 aliphatic heterocycles. The third-order valence-corrected chi connectivity index (χ3v) is 4.39. The number of nitrogens with two attached hydrogens (primary N) is 1. The number of aldehydes is 1. The van der Waals surface area contributed by atoms with E-state index in [1.165, 1.54) is 27.1 Å². The summed E-state index contributed by atoms with van der Waals surface area (Å²) in [6.07, 6.45) is 4.36. The third kappa shape index (κ3) is 36.9. The molecule has 1 rings (SSSR count). The van der Waals surface area contributed by atoms with Gasteiger partial charge in [0.15, 0.2) is 12.6 Å². The summed E-state index contributed by atoms with van der Waals surface area (Å²) in [5, 5.41) is 0. The van der Waals surface area contributed by atoms with E-state index in [0.29, 0.717) is 12.8 Å². The Morgan fingerprint density at radius 2 is 1.28 bits per heavy atom. The third-order valence-electron chi connectivity index (χ3n) is 3.01. The molecule has 0 aromatic carbocycles. The molecule has 0 radical (unpaired) electrons. The van der Waals surface area contributed by atoms with Gasteiger partial charge in [-0.25, -0.2) is 26.3 Å². The molecular weight excluding hydrogens is 494 g/mol. The molecule has 1 fully saturated rings. The molecule has 16 heteroatoms. The molecule has 13 nitrogen and oxygen atoms in total. The van der Waals surface area contributed by atoms with Crippen molar-refractivity contribution in [3.05, 3.63) is 0 Å². The lowest BCUT2D eigenvalue weighted by atomic mass is 10.4. The second kappa shape index (κ2) is 25.2.